The van der Waals surface area contributed by atoms with Gasteiger partial charge >= 0.3 is 0 Å². The average molecular weight is 527 g/mol. The molecule has 5 rings (SSSR count). The van der Waals surface area contributed by atoms with Crippen molar-refractivity contribution in [2.24, 2.45) is 7.05 Å². The van der Waals surface area contributed by atoms with E-state index >= 15 is 0 Å². The number of carbonyl (C=O) groups is 2. The topological polar surface area (TPSA) is 94.5 Å². The lowest BCUT2D eigenvalue weighted by atomic mass is 9.93. The van der Waals surface area contributed by atoms with Crippen LogP contribution >= 0.6 is 0 Å². The minimum Gasteiger partial charge on any atom is -0.349 e. The van der Waals surface area contributed by atoms with Crippen molar-refractivity contribution < 1.29 is 9.59 Å². The Morgan fingerprint density at radius 1 is 1.03 bits per heavy atom. The summed E-state index contributed by atoms with van der Waals surface area (Å²) >= 11 is 0. The summed E-state index contributed by atoms with van der Waals surface area (Å²) in [4.78, 5) is 47.9. The van der Waals surface area contributed by atoms with Crippen LogP contribution in [0.4, 0.5) is 0 Å². The first kappa shape index (κ1) is 26.4. The maximum Gasteiger partial charge on any atom is 0.254 e. The third-order valence-electron chi connectivity index (χ3n) is 7.53. The van der Waals surface area contributed by atoms with Gasteiger partial charge in [0.15, 0.2) is 0 Å². The molecule has 1 fully saturated rings. The normalized spacial score (nSPS) is 16.1. The molecule has 0 bridgehead atoms. The van der Waals surface area contributed by atoms with E-state index in [2.05, 4.69) is 39.2 Å². The van der Waals surface area contributed by atoms with Crippen molar-refractivity contribution in [3.63, 3.8) is 0 Å². The molecule has 4 aromatic rings. The number of hydrogen-bond donors (Lipinski definition) is 1. The van der Waals surface area contributed by atoms with Gasteiger partial charge in [-0.25, -0.2) is 0 Å². The van der Waals surface area contributed by atoms with Crippen LogP contribution in [0.25, 0.3) is 11.0 Å². The Bertz CT molecular complexity index is 1500. The zero-order valence-corrected chi connectivity index (χ0v) is 22.8. The first-order chi connectivity index (χ1) is 18.7. The van der Waals surface area contributed by atoms with Crippen molar-refractivity contribution in [2.45, 2.75) is 25.4 Å². The molecule has 1 N–H and O–H groups in total. The zero-order chi connectivity index (χ0) is 27.7. The van der Waals surface area contributed by atoms with E-state index in [0.29, 0.717) is 41.9 Å². The molecule has 3 heterocycles. The maximum atomic E-state index is 13.9. The number of carbonyl (C=O) groups excluding carboxylic acids is 2. The molecule has 9 nitrogen and oxygen atoms in total. The van der Waals surface area contributed by atoms with Crippen LogP contribution in [0.5, 0.6) is 0 Å². The Morgan fingerprint density at radius 3 is 2.23 bits per heavy atom. The van der Waals surface area contributed by atoms with Crippen molar-refractivity contribution in [1.29, 1.82) is 0 Å². The molecule has 0 saturated carbocycles. The predicted octanol–water partition coefficient (Wildman–Crippen LogP) is 2.96. The van der Waals surface area contributed by atoms with Crippen molar-refractivity contribution in [3.05, 3.63) is 99.5 Å². The quantitative estimate of drug-likeness (QED) is 0.417. The molecular weight excluding hydrogens is 492 g/mol. The Morgan fingerprint density at radius 2 is 1.64 bits per heavy atom. The number of aryl methyl sites for hydroxylation is 2. The lowest BCUT2D eigenvalue weighted by Crippen LogP contribution is -2.57. The molecule has 2 amide bonds. The van der Waals surface area contributed by atoms with Gasteiger partial charge in [-0.05, 0) is 18.1 Å². The first-order valence-electron chi connectivity index (χ1n) is 13.2. The Balaban J connectivity index is 1.53. The summed E-state index contributed by atoms with van der Waals surface area (Å²) in [7, 11) is 5.25. The lowest BCUT2D eigenvalue weighted by molar-refractivity contribution is -0.130. The number of aromatic amines is 1. The van der Waals surface area contributed by atoms with Gasteiger partial charge in [0, 0.05) is 59.3 Å². The van der Waals surface area contributed by atoms with Crippen molar-refractivity contribution in [3.8, 4) is 0 Å². The summed E-state index contributed by atoms with van der Waals surface area (Å²) in [5, 5.41) is 5.06. The molecule has 202 valence electrons. The fraction of sp³-hybridized carbons (Fsp3) is 0.333. The smallest absolute Gasteiger partial charge is 0.254 e. The van der Waals surface area contributed by atoms with Crippen LogP contribution in [0.15, 0.2) is 71.5 Å². The van der Waals surface area contributed by atoms with Gasteiger partial charge in [0.1, 0.15) is 5.65 Å². The minimum atomic E-state index is -0.347. The standard InChI is InChI=1S/C30H34N6O3/c1-20-27-24(18-25(37)31-29(27)34(4)32-20)30(39)35-15-16-36(23(19-35)17-26(38)33(2)3)28(21-11-7-5-8-12-21)22-13-9-6-10-14-22/h5-14,18,23,28H,15-17,19H2,1-4H3,(H,31,37)/t23-/m1/s1. The van der Waals surface area contributed by atoms with Gasteiger partial charge in [0.2, 0.25) is 11.5 Å². The zero-order valence-electron chi connectivity index (χ0n) is 22.8. The van der Waals surface area contributed by atoms with Crippen molar-refractivity contribution in [1.82, 2.24) is 29.5 Å². The third kappa shape index (κ3) is 5.22. The number of aromatic nitrogens is 3. The highest BCUT2D eigenvalue weighted by atomic mass is 16.2. The number of rotatable bonds is 6. The van der Waals surface area contributed by atoms with E-state index in [0.717, 1.165) is 11.1 Å². The maximum absolute atomic E-state index is 13.9. The minimum absolute atomic E-state index is 0.000761. The molecule has 2 aromatic carbocycles. The van der Waals surface area contributed by atoms with E-state index in [1.54, 1.807) is 35.6 Å². The SMILES string of the molecule is Cc1nn(C)c2[nH]c(=O)cc(C(=O)N3CCN(C(c4ccccc4)c4ccccc4)[C@H](CC(=O)N(C)C)C3)c12. The molecule has 0 spiro atoms. The average Bonchev–Trinajstić information content (AvgIpc) is 3.22. The summed E-state index contributed by atoms with van der Waals surface area (Å²) in [6.07, 6.45) is 0.268. The molecule has 1 atom stereocenters. The molecule has 0 aliphatic carbocycles. The summed E-state index contributed by atoms with van der Waals surface area (Å²) in [6, 6.07) is 21.6. The van der Waals surface area contributed by atoms with Crippen LogP contribution in [0.3, 0.4) is 0 Å². The molecule has 9 heteroatoms. The van der Waals surface area contributed by atoms with Gasteiger partial charge in [-0.15, -0.1) is 0 Å². The molecule has 1 aliphatic heterocycles. The number of H-pyrrole nitrogens is 1. The van der Waals surface area contributed by atoms with Crippen LogP contribution < -0.4 is 5.56 Å². The largest absolute Gasteiger partial charge is 0.349 e. The lowest BCUT2D eigenvalue weighted by Gasteiger charge is -2.45. The highest BCUT2D eigenvalue weighted by Gasteiger charge is 2.37. The highest BCUT2D eigenvalue weighted by Crippen LogP contribution is 2.33. The molecular formula is C30H34N6O3. The number of pyridine rings is 1. The van der Waals surface area contributed by atoms with Gasteiger partial charge < -0.3 is 14.8 Å². The second kappa shape index (κ2) is 10.9. The fourth-order valence-electron chi connectivity index (χ4n) is 5.62. The highest BCUT2D eigenvalue weighted by molar-refractivity contribution is 6.06. The number of piperazine rings is 1. The third-order valence-corrected chi connectivity index (χ3v) is 7.53. The number of benzene rings is 2. The number of fused-ring (bicyclic) bond motifs is 1. The van der Waals surface area contributed by atoms with Gasteiger partial charge in [-0.1, -0.05) is 60.7 Å². The molecule has 39 heavy (non-hydrogen) atoms. The molecule has 1 aliphatic rings. The van der Waals surface area contributed by atoms with E-state index in [1.165, 1.54) is 6.07 Å². The summed E-state index contributed by atoms with van der Waals surface area (Å²) in [5.41, 5.74) is 3.46. The van der Waals surface area contributed by atoms with Crippen LogP contribution in [-0.4, -0.2) is 81.1 Å². The molecule has 1 saturated heterocycles. The number of hydrogen-bond acceptors (Lipinski definition) is 5. The van der Waals surface area contributed by atoms with Gasteiger partial charge in [-0.3, -0.25) is 24.0 Å². The predicted molar refractivity (Wildman–Crippen MR) is 151 cm³/mol. The molecule has 0 unspecified atom stereocenters. The van der Waals surface area contributed by atoms with E-state index in [-0.39, 0.29) is 35.9 Å². The molecule has 2 aromatic heterocycles. The Labute approximate surface area is 227 Å². The number of nitrogens with zero attached hydrogens (tertiary/aromatic N) is 5. The Kier molecular flexibility index (Phi) is 7.34. The van der Waals surface area contributed by atoms with Crippen LogP contribution in [0.1, 0.15) is 39.6 Å². The second-order valence-electron chi connectivity index (χ2n) is 10.3. The van der Waals surface area contributed by atoms with Crippen molar-refractivity contribution in [2.75, 3.05) is 33.7 Å². The number of nitrogens with one attached hydrogen (secondary N) is 1. The van der Waals surface area contributed by atoms with Gasteiger partial charge in [0.25, 0.3) is 5.91 Å². The van der Waals surface area contributed by atoms with E-state index in [1.807, 2.05) is 43.3 Å². The van der Waals surface area contributed by atoms with E-state index in [4.69, 9.17) is 0 Å². The summed E-state index contributed by atoms with van der Waals surface area (Å²) in [6.45, 7) is 3.24. The van der Waals surface area contributed by atoms with Crippen LogP contribution in [-0.2, 0) is 11.8 Å². The van der Waals surface area contributed by atoms with Crippen LogP contribution in [0.2, 0.25) is 0 Å². The Hall–Kier alpha value is -4.24. The molecule has 0 radical (unpaired) electrons. The van der Waals surface area contributed by atoms with Crippen molar-refractivity contribution >= 4 is 22.8 Å². The number of amides is 2. The monoisotopic (exact) mass is 526 g/mol. The first-order valence-corrected chi connectivity index (χ1v) is 13.2. The summed E-state index contributed by atoms with van der Waals surface area (Å²) < 4.78 is 1.59. The fourth-order valence-corrected chi connectivity index (χ4v) is 5.62. The van der Waals surface area contributed by atoms with E-state index in [9.17, 15) is 14.4 Å². The van der Waals surface area contributed by atoms with E-state index < -0.39 is 0 Å². The second-order valence-corrected chi connectivity index (χ2v) is 10.3. The van der Waals surface area contributed by atoms with Gasteiger partial charge in [0.05, 0.1) is 22.7 Å². The summed E-state index contributed by atoms with van der Waals surface area (Å²) in [5.74, 6) is -0.221. The van der Waals surface area contributed by atoms with Crippen LogP contribution in [0, 0.1) is 6.92 Å². The van der Waals surface area contributed by atoms with Gasteiger partial charge in [-0.2, -0.15) is 5.10 Å².